The van der Waals surface area contributed by atoms with Crippen LogP contribution in [0.3, 0.4) is 0 Å². The van der Waals surface area contributed by atoms with Crippen molar-refractivity contribution in [3.63, 3.8) is 0 Å². The molecule has 0 unspecified atom stereocenters. The highest BCUT2D eigenvalue weighted by Gasteiger charge is 2.17. The Kier molecular flexibility index (Phi) is 3.45. The van der Waals surface area contributed by atoms with Crippen LogP contribution in [0.2, 0.25) is 5.02 Å². The zero-order valence-electron chi connectivity index (χ0n) is 9.29. The largest absolute Gasteiger partial charge is 0.478 e. The lowest BCUT2D eigenvalue weighted by atomic mass is 10.2. The maximum Gasteiger partial charge on any atom is 0.337 e. The van der Waals surface area contributed by atoms with Crippen molar-refractivity contribution in [3.8, 4) is 0 Å². The maximum absolute atomic E-state index is 11.9. The second kappa shape index (κ2) is 4.90. The molecular weight excluding hydrogens is 294 g/mol. The fraction of sp³-hybridized carbons (Fsp3) is 0. The average molecular weight is 302 g/mol. The number of aromatic amines is 1. The Morgan fingerprint density at radius 2 is 2.16 bits per heavy atom. The van der Waals surface area contributed by atoms with Crippen LogP contribution in [0.1, 0.15) is 10.4 Å². The van der Waals surface area contributed by atoms with Crippen molar-refractivity contribution in [2.45, 2.75) is 5.03 Å². The van der Waals surface area contributed by atoms with Gasteiger partial charge in [-0.25, -0.2) is 9.78 Å². The molecule has 0 spiro atoms. The van der Waals surface area contributed by atoms with Crippen molar-refractivity contribution >= 4 is 33.3 Å². The number of benzene rings is 1. The molecular formula is C10H8ClN3O4S. The van der Waals surface area contributed by atoms with Crippen LogP contribution in [0, 0.1) is 0 Å². The van der Waals surface area contributed by atoms with Crippen molar-refractivity contribution < 1.29 is 18.3 Å². The van der Waals surface area contributed by atoms with Crippen LogP contribution in [0.25, 0.3) is 0 Å². The Bertz CT molecular complexity index is 712. The monoisotopic (exact) mass is 301 g/mol. The predicted octanol–water partition coefficient (Wildman–Crippen LogP) is 1.56. The van der Waals surface area contributed by atoms with Gasteiger partial charge in [-0.1, -0.05) is 11.6 Å². The Morgan fingerprint density at radius 1 is 1.42 bits per heavy atom. The third-order valence-electron chi connectivity index (χ3n) is 2.21. The molecule has 0 aliphatic heterocycles. The van der Waals surface area contributed by atoms with Crippen LogP contribution < -0.4 is 4.72 Å². The van der Waals surface area contributed by atoms with Crippen molar-refractivity contribution in [3.05, 3.63) is 41.3 Å². The van der Waals surface area contributed by atoms with E-state index in [2.05, 4.69) is 14.7 Å². The summed E-state index contributed by atoms with van der Waals surface area (Å²) < 4.78 is 26.0. The number of hydrogen-bond acceptors (Lipinski definition) is 4. The number of carbonyl (C=O) groups is 1. The van der Waals surface area contributed by atoms with Gasteiger partial charge in [-0.3, -0.25) is 4.72 Å². The first-order valence-corrected chi connectivity index (χ1v) is 6.80. The first-order valence-electron chi connectivity index (χ1n) is 4.94. The highest BCUT2D eigenvalue weighted by Crippen LogP contribution is 2.22. The number of carboxylic acid groups (broad SMARTS) is 1. The lowest BCUT2D eigenvalue weighted by molar-refractivity contribution is 0.0697. The average Bonchev–Trinajstić information content (AvgIpc) is 2.85. The number of anilines is 1. The molecule has 0 saturated carbocycles. The number of aromatic nitrogens is 2. The van der Waals surface area contributed by atoms with Gasteiger partial charge in [-0.05, 0) is 18.2 Å². The second-order valence-electron chi connectivity index (χ2n) is 3.52. The van der Waals surface area contributed by atoms with Crippen LogP contribution in [0.4, 0.5) is 5.69 Å². The highest BCUT2D eigenvalue weighted by molar-refractivity contribution is 7.92. The van der Waals surface area contributed by atoms with Gasteiger partial charge < -0.3 is 10.1 Å². The van der Waals surface area contributed by atoms with Crippen LogP contribution in [0.15, 0.2) is 35.7 Å². The van der Waals surface area contributed by atoms with E-state index in [9.17, 15) is 13.2 Å². The van der Waals surface area contributed by atoms with Crippen molar-refractivity contribution in [1.82, 2.24) is 9.97 Å². The summed E-state index contributed by atoms with van der Waals surface area (Å²) in [5, 5.41) is 8.79. The minimum Gasteiger partial charge on any atom is -0.478 e. The van der Waals surface area contributed by atoms with E-state index in [1.165, 1.54) is 18.5 Å². The molecule has 2 aromatic rings. The van der Waals surface area contributed by atoms with Gasteiger partial charge in [0.25, 0.3) is 10.0 Å². The smallest absolute Gasteiger partial charge is 0.337 e. The minimum atomic E-state index is -3.83. The molecule has 1 aromatic heterocycles. The van der Waals surface area contributed by atoms with Gasteiger partial charge in [0, 0.05) is 5.69 Å². The molecule has 1 heterocycles. The number of nitrogens with one attached hydrogen (secondary N) is 2. The van der Waals surface area contributed by atoms with E-state index in [-0.39, 0.29) is 21.3 Å². The third-order valence-corrected chi connectivity index (χ3v) is 3.85. The molecule has 0 amide bonds. The first-order chi connectivity index (χ1) is 8.90. The van der Waals surface area contributed by atoms with Gasteiger partial charge in [0.2, 0.25) is 0 Å². The van der Waals surface area contributed by atoms with E-state index in [1.807, 2.05) is 0 Å². The lowest BCUT2D eigenvalue weighted by Gasteiger charge is -2.07. The van der Waals surface area contributed by atoms with Crippen molar-refractivity contribution in [1.29, 1.82) is 0 Å². The Balaban J connectivity index is 2.35. The molecule has 9 heteroatoms. The summed E-state index contributed by atoms with van der Waals surface area (Å²) in [7, 11) is -3.83. The first kappa shape index (κ1) is 13.4. The van der Waals surface area contributed by atoms with Gasteiger partial charge in [-0.2, -0.15) is 8.42 Å². The van der Waals surface area contributed by atoms with Gasteiger partial charge in [0.1, 0.15) is 0 Å². The number of hydrogen-bond donors (Lipinski definition) is 3. The van der Waals surface area contributed by atoms with E-state index in [4.69, 9.17) is 16.7 Å². The number of carboxylic acids is 1. The fourth-order valence-electron chi connectivity index (χ4n) is 1.35. The molecule has 7 nitrogen and oxygen atoms in total. The van der Waals surface area contributed by atoms with Gasteiger partial charge in [0.15, 0.2) is 5.03 Å². The van der Waals surface area contributed by atoms with Crippen LogP contribution >= 0.6 is 11.6 Å². The van der Waals surface area contributed by atoms with Crippen LogP contribution in [0.5, 0.6) is 0 Å². The molecule has 0 radical (unpaired) electrons. The molecule has 0 saturated heterocycles. The molecule has 0 aliphatic carbocycles. The quantitative estimate of drug-likeness (QED) is 0.793. The molecule has 0 atom stereocenters. The molecule has 0 aliphatic rings. The van der Waals surface area contributed by atoms with Crippen LogP contribution in [-0.4, -0.2) is 29.5 Å². The summed E-state index contributed by atoms with van der Waals surface area (Å²) in [6.45, 7) is 0. The van der Waals surface area contributed by atoms with Crippen LogP contribution in [-0.2, 0) is 10.0 Å². The van der Waals surface area contributed by atoms with E-state index in [0.29, 0.717) is 0 Å². The summed E-state index contributed by atoms with van der Waals surface area (Å²) >= 11 is 5.69. The van der Waals surface area contributed by atoms with E-state index in [1.54, 1.807) is 0 Å². The Labute approximate surface area is 113 Å². The normalized spacial score (nSPS) is 11.2. The second-order valence-corrected chi connectivity index (χ2v) is 5.58. The number of halogens is 1. The summed E-state index contributed by atoms with van der Waals surface area (Å²) in [5.41, 5.74) is -0.0946. The molecule has 100 valence electrons. The summed E-state index contributed by atoms with van der Waals surface area (Å²) in [5.74, 6) is -1.24. The van der Waals surface area contributed by atoms with Crippen molar-refractivity contribution in [2.75, 3.05) is 4.72 Å². The number of nitrogens with zero attached hydrogens (tertiary/aromatic N) is 1. The maximum atomic E-state index is 11.9. The fourth-order valence-corrected chi connectivity index (χ4v) is 2.51. The molecule has 0 bridgehead atoms. The summed E-state index contributed by atoms with van der Waals surface area (Å²) in [6.07, 6.45) is 2.36. The van der Waals surface area contributed by atoms with E-state index < -0.39 is 16.0 Å². The third kappa shape index (κ3) is 2.85. The standard InChI is InChI=1S/C10H8ClN3O4S/c11-8-2-1-6(3-7(8)10(15)16)14-19(17,18)9-4-12-5-13-9/h1-5,14H,(H,12,13)(H,15,16). The number of rotatable bonds is 4. The molecule has 2 rings (SSSR count). The zero-order chi connectivity index (χ0) is 14.0. The molecule has 3 N–H and O–H groups in total. The number of imidazole rings is 1. The SMILES string of the molecule is O=C(O)c1cc(NS(=O)(=O)c2cnc[nH]2)ccc1Cl. The van der Waals surface area contributed by atoms with Gasteiger partial charge >= 0.3 is 5.97 Å². The minimum absolute atomic E-state index is 0.0250. The zero-order valence-corrected chi connectivity index (χ0v) is 10.9. The highest BCUT2D eigenvalue weighted by atomic mass is 35.5. The molecule has 1 aromatic carbocycles. The number of aromatic carboxylic acids is 1. The molecule has 0 fully saturated rings. The summed E-state index contributed by atoms with van der Waals surface area (Å²) in [6, 6.07) is 3.80. The lowest BCUT2D eigenvalue weighted by Crippen LogP contribution is -2.13. The van der Waals surface area contributed by atoms with E-state index in [0.717, 1.165) is 12.3 Å². The predicted molar refractivity (Wildman–Crippen MR) is 67.8 cm³/mol. The summed E-state index contributed by atoms with van der Waals surface area (Å²) in [4.78, 5) is 16.9. The Morgan fingerprint density at radius 3 is 2.74 bits per heavy atom. The van der Waals surface area contributed by atoms with Gasteiger partial charge in [-0.15, -0.1) is 0 Å². The number of H-pyrrole nitrogens is 1. The van der Waals surface area contributed by atoms with Gasteiger partial charge in [0.05, 0.1) is 23.1 Å². The Hall–Kier alpha value is -2.06. The number of sulfonamides is 1. The van der Waals surface area contributed by atoms with E-state index >= 15 is 0 Å². The van der Waals surface area contributed by atoms with Crippen molar-refractivity contribution in [2.24, 2.45) is 0 Å². The molecule has 19 heavy (non-hydrogen) atoms. The topological polar surface area (TPSA) is 112 Å².